The molecule has 0 saturated carbocycles. The highest BCUT2D eigenvalue weighted by Gasteiger charge is 2.28. The van der Waals surface area contributed by atoms with E-state index in [1.165, 1.54) is 10.8 Å². The van der Waals surface area contributed by atoms with Crippen LogP contribution in [0.4, 0.5) is 0 Å². The van der Waals surface area contributed by atoms with Crippen molar-refractivity contribution in [3.8, 4) is 0 Å². The van der Waals surface area contributed by atoms with Crippen molar-refractivity contribution in [3.05, 3.63) is 32.6 Å². The van der Waals surface area contributed by atoms with E-state index in [0.29, 0.717) is 17.9 Å². The summed E-state index contributed by atoms with van der Waals surface area (Å²) in [4.78, 5) is 26.3. The van der Waals surface area contributed by atoms with E-state index >= 15 is 0 Å². The van der Waals surface area contributed by atoms with Gasteiger partial charge in [-0.1, -0.05) is 20.3 Å². The first kappa shape index (κ1) is 20.8. The van der Waals surface area contributed by atoms with Crippen molar-refractivity contribution in [1.29, 1.82) is 0 Å². The average Bonchev–Trinajstić information content (AvgIpc) is 3.00. The fourth-order valence-corrected chi connectivity index (χ4v) is 3.37. The molecule has 3 unspecified atom stereocenters. The van der Waals surface area contributed by atoms with Crippen LogP contribution in [0.2, 0.25) is 0 Å². The molecule has 3 N–H and O–H groups in total. The highest BCUT2D eigenvalue weighted by molar-refractivity contribution is 7.85. The first-order valence-electron chi connectivity index (χ1n) is 8.85. The minimum absolute atomic E-state index is 0.00565. The second-order valence-electron chi connectivity index (χ2n) is 6.82. The van der Waals surface area contributed by atoms with E-state index < -0.39 is 33.3 Å². The number of nitrogens with one attached hydrogen (secondary N) is 2. The summed E-state index contributed by atoms with van der Waals surface area (Å²) in [5.41, 5.74) is -0.750. The molecule has 2 heterocycles. The van der Waals surface area contributed by atoms with Crippen LogP contribution < -0.4 is 16.6 Å². The number of nitrogens with zero attached hydrogens (tertiary/aromatic N) is 1. The quantitative estimate of drug-likeness (QED) is 0.417. The van der Waals surface area contributed by atoms with Crippen LogP contribution >= 0.6 is 0 Å². The highest BCUT2D eigenvalue weighted by Crippen LogP contribution is 2.31. The maximum atomic E-state index is 12.1. The molecular formula is C16H27N3O6S. The van der Waals surface area contributed by atoms with Crippen LogP contribution in [-0.4, -0.2) is 40.9 Å². The highest BCUT2D eigenvalue weighted by atomic mass is 32.2. The molecule has 3 atom stereocenters. The summed E-state index contributed by atoms with van der Waals surface area (Å²) < 4.78 is 37.5. The molecule has 1 aliphatic rings. The molecule has 9 nitrogen and oxygen atoms in total. The summed E-state index contributed by atoms with van der Waals surface area (Å²) in [6.07, 6.45) is 4.72. The third-order valence-corrected chi connectivity index (χ3v) is 5.37. The van der Waals surface area contributed by atoms with E-state index in [4.69, 9.17) is 9.29 Å². The minimum Gasteiger partial charge on any atom is -0.355 e. The predicted octanol–water partition coefficient (Wildman–Crippen LogP) is 0.628. The lowest BCUT2D eigenvalue weighted by molar-refractivity contribution is -0.0103. The van der Waals surface area contributed by atoms with Gasteiger partial charge in [0.15, 0.2) is 0 Å². The Morgan fingerprint density at radius 2 is 2.15 bits per heavy atom. The molecule has 0 bridgehead atoms. The number of aromatic amines is 1. The van der Waals surface area contributed by atoms with Gasteiger partial charge >= 0.3 is 5.69 Å². The van der Waals surface area contributed by atoms with Gasteiger partial charge in [0, 0.05) is 24.8 Å². The largest absolute Gasteiger partial charge is 0.355 e. The zero-order chi connectivity index (χ0) is 19.3. The van der Waals surface area contributed by atoms with E-state index in [0.717, 1.165) is 19.3 Å². The standard InChI is InChI=1S/C16H27N3O6S/c1-3-11(2)8-13-4-5-14(25-13)19-10-12(15(20)18-16(19)21)9-17-6-7-26(22,23)24/h10-11,13-14,17H,3-9H2,1-2H3,(H,18,20,21)(H,22,23,24). The van der Waals surface area contributed by atoms with Crippen molar-refractivity contribution >= 4 is 10.1 Å². The van der Waals surface area contributed by atoms with Crippen LogP contribution in [0.5, 0.6) is 0 Å². The van der Waals surface area contributed by atoms with Gasteiger partial charge in [0.2, 0.25) is 0 Å². The Morgan fingerprint density at radius 1 is 1.42 bits per heavy atom. The van der Waals surface area contributed by atoms with Gasteiger partial charge in [-0.25, -0.2) is 4.79 Å². The van der Waals surface area contributed by atoms with Gasteiger partial charge in [-0.3, -0.25) is 18.9 Å². The summed E-state index contributed by atoms with van der Waals surface area (Å²) >= 11 is 0. The van der Waals surface area contributed by atoms with Crippen molar-refractivity contribution in [2.24, 2.45) is 5.92 Å². The molecule has 1 fully saturated rings. The Labute approximate surface area is 152 Å². The number of H-pyrrole nitrogens is 1. The molecule has 26 heavy (non-hydrogen) atoms. The minimum atomic E-state index is -4.06. The van der Waals surface area contributed by atoms with Gasteiger partial charge < -0.3 is 10.1 Å². The zero-order valence-corrected chi connectivity index (χ0v) is 15.9. The number of hydrogen-bond donors (Lipinski definition) is 3. The Kier molecular flexibility index (Phi) is 7.16. The lowest BCUT2D eigenvalue weighted by Gasteiger charge is -2.18. The van der Waals surface area contributed by atoms with Crippen molar-refractivity contribution in [1.82, 2.24) is 14.9 Å². The molecular weight excluding hydrogens is 362 g/mol. The van der Waals surface area contributed by atoms with Gasteiger partial charge in [0.05, 0.1) is 11.9 Å². The van der Waals surface area contributed by atoms with E-state index in [1.54, 1.807) is 0 Å². The van der Waals surface area contributed by atoms with E-state index in [2.05, 4.69) is 24.1 Å². The third-order valence-electron chi connectivity index (χ3n) is 4.65. The molecule has 1 aromatic heterocycles. The van der Waals surface area contributed by atoms with Crippen molar-refractivity contribution < 1.29 is 17.7 Å². The van der Waals surface area contributed by atoms with Gasteiger partial charge in [0.1, 0.15) is 6.23 Å². The first-order valence-corrected chi connectivity index (χ1v) is 10.5. The van der Waals surface area contributed by atoms with Crippen LogP contribution in [0.15, 0.2) is 15.8 Å². The SMILES string of the molecule is CCC(C)CC1CCC(n2cc(CNCCS(=O)(=O)O)c(=O)[nH]c2=O)O1. The summed E-state index contributed by atoms with van der Waals surface area (Å²) in [5, 5.41) is 2.76. The lowest BCUT2D eigenvalue weighted by atomic mass is 10.00. The zero-order valence-electron chi connectivity index (χ0n) is 15.1. The van der Waals surface area contributed by atoms with E-state index in [9.17, 15) is 18.0 Å². The van der Waals surface area contributed by atoms with Crippen LogP contribution in [-0.2, 0) is 21.4 Å². The maximum Gasteiger partial charge on any atom is 0.330 e. The van der Waals surface area contributed by atoms with Crippen LogP contribution in [0.25, 0.3) is 0 Å². The molecule has 0 spiro atoms. The van der Waals surface area contributed by atoms with Gasteiger partial charge in [-0.15, -0.1) is 0 Å². The third kappa shape index (κ3) is 6.04. The normalized spacial score (nSPS) is 21.8. The number of ether oxygens (including phenoxy) is 1. The van der Waals surface area contributed by atoms with Gasteiger partial charge in [-0.05, 0) is 25.2 Å². The fraction of sp³-hybridized carbons (Fsp3) is 0.750. The average molecular weight is 389 g/mol. The van der Waals surface area contributed by atoms with E-state index in [1.807, 2.05) is 0 Å². The maximum absolute atomic E-state index is 12.1. The number of hydrogen-bond acceptors (Lipinski definition) is 6. The van der Waals surface area contributed by atoms with Crippen molar-refractivity contribution in [3.63, 3.8) is 0 Å². The molecule has 10 heteroatoms. The topological polar surface area (TPSA) is 130 Å². The van der Waals surface area contributed by atoms with Crippen molar-refractivity contribution in [2.45, 2.75) is 58.4 Å². The summed E-state index contributed by atoms with van der Waals surface area (Å²) in [6, 6.07) is 0. The molecule has 0 aliphatic carbocycles. The Hall–Kier alpha value is -1.49. The molecule has 1 aliphatic heterocycles. The predicted molar refractivity (Wildman–Crippen MR) is 96.7 cm³/mol. The molecule has 0 radical (unpaired) electrons. The summed E-state index contributed by atoms with van der Waals surface area (Å²) in [7, 11) is -4.06. The molecule has 148 valence electrons. The Bertz CT molecular complexity index is 816. The second kappa shape index (κ2) is 8.94. The molecule has 1 saturated heterocycles. The summed E-state index contributed by atoms with van der Waals surface area (Å²) in [6.45, 7) is 4.37. The van der Waals surface area contributed by atoms with Gasteiger partial charge in [-0.2, -0.15) is 8.42 Å². The monoisotopic (exact) mass is 389 g/mol. The van der Waals surface area contributed by atoms with Crippen LogP contribution in [0, 0.1) is 5.92 Å². The first-order chi connectivity index (χ1) is 12.2. The smallest absolute Gasteiger partial charge is 0.330 e. The molecule has 1 aromatic rings. The number of rotatable bonds is 9. The lowest BCUT2D eigenvalue weighted by Crippen LogP contribution is -2.36. The van der Waals surface area contributed by atoms with Crippen LogP contribution in [0.3, 0.4) is 0 Å². The fourth-order valence-electron chi connectivity index (χ4n) is 2.97. The summed E-state index contributed by atoms with van der Waals surface area (Å²) in [5.74, 6) is 0.0988. The molecule has 0 aromatic carbocycles. The Morgan fingerprint density at radius 3 is 2.81 bits per heavy atom. The van der Waals surface area contributed by atoms with Crippen LogP contribution in [0.1, 0.15) is 51.3 Å². The van der Waals surface area contributed by atoms with Gasteiger partial charge in [0.25, 0.3) is 15.7 Å². The molecule has 2 rings (SSSR count). The molecule has 0 amide bonds. The number of aromatic nitrogens is 2. The van der Waals surface area contributed by atoms with Crippen molar-refractivity contribution in [2.75, 3.05) is 12.3 Å². The Balaban J connectivity index is 2.03. The van der Waals surface area contributed by atoms with E-state index in [-0.39, 0.29) is 19.2 Å². The second-order valence-corrected chi connectivity index (χ2v) is 8.39.